The van der Waals surface area contributed by atoms with Gasteiger partial charge in [0.25, 0.3) is 0 Å². The third-order valence-electron chi connectivity index (χ3n) is 4.85. The van der Waals surface area contributed by atoms with Crippen molar-refractivity contribution in [3.05, 3.63) is 23.7 Å². The van der Waals surface area contributed by atoms with Crippen molar-refractivity contribution in [2.24, 2.45) is 5.73 Å². The fourth-order valence-corrected chi connectivity index (χ4v) is 3.88. The van der Waals surface area contributed by atoms with Crippen molar-refractivity contribution < 1.29 is 9.90 Å². The molecule has 3 rings (SSSR count). The summed E-state index contributed by atoms with van der Waals surface area (Å²) >= 11 is 1.30. The van der Waals surface area contributed by atoms with Crippen molar-refractivity contribution in [1.82, 2.24) is 24.6 Å². The number of nitrogens with one attached hydrogen (secondary N) is 2. The minimum atomic E-state index is -1.25. The number of hydrogen-bond acceptors (Lipinski definition) is 9. The van der Waals surface area contributed by atoms with Crippen LogP contribution in [0.2, 0.25) is 0 Å². The van der Waals surface area contributed by atoms with E-state index >= 15 is 0 Å². The van der Waals surface area contributed by atoms with Crippen LogP contribution in [-0.4, -0.2) is 63.1 Å². The number of aliphatic hydroxyl groups excluding tert-OH is 1. The zero-order chi connectivity index (χ0) is 21.1. The topological polar surface area (TPSA) is 133 Å². The van der Waals surface area contributed by atoms with Gasteiger partial charge in [0, 0.05) is 32.7 Å². The molecular weight excluding hydrogens is 392 g/mol. The molecule has 0 aromatic carbocycles. The zero-order valence-electron chi connectivity index (χ0n) is 17.1. The van der Waals surface area contributed by atoms with E-state index < -0.39 is 6.23 Å². The molecule has 3 atom stereocenters. The van der Waals surface area contributed by atoms with Crippen LogP contribution in [0, 0.1) is 6.92 Å². The van der Waals surface area contributed by atoms with Crippen molar-refractivity contribution in [2.45, 2.75) is 45.0 Å². The highest BCUT2D eigenvalue weighted by atomic mass is 32.1. The van der Waals surface area contributed by atoms with Crippen molar-refractivity contribution in [1.29, 1.82) is 0 Å². The van der Waals surface area contributed by atoms with Gasteiger partial charge in [-0.2, -0.15) is 4.37 Å². The predicted octanol–water partition coefficient (Wildman–Crippen LogP) is 1.56. The van der Waals surface area contributed by atoms with Crippen LogP contribution < -0.4 is 21.3 Å². The molecule has 3 heterocycles. The van der Waals surface area contributed by atoms with E-state index in [2.05, 4.69) is 36.8 Å². The van der Waals surface area contributed by atoms with E-state index in [0.29, 0.717) is 18.2 Å². The summed E-state index contributed by atoms with van der Waals surface area (Å²) in [6, 6.07) is 2.04. The molecule has 1 fully saturated rings. The largest absolute Gasteiger partial charge is 0.373 e. The van der Waals surface area contributed by atoms with Crippen LogP contribution in [0.1, 0.15) is 37.4 Å². The van der Waals surface area contributed by atoms with Gasteiger partial charge in [-0.1, -0.05) is 0 Å². The van der Waals surface area contributed by atoms with Gasteiger partial charge in [-0.15, -0.1) is 0 Å². The Hall–Kier alpha value is -2.50. The number of nitrogens with two attached hydrogens (primary N) is 1. The van der Waals surface area contributed by atoms with Crippen LogP contribution >= 0.6 is 11.5 Å². The molecule has 29 heavy (non-hydrogen) atoms. The maximum atomic E-state index is 12.0. The Bertz CT molecular complexity index is 856. The molecule has 158 valence electrons. The molecule has 0 spiro atoms. The summed E-state index contributed by atoms with van der Waals surface area (Å²) in [7, 11) is 3.44. The molecule has 2 aromatic heterocycles. The highest BCUT2D eigenvalue weighted by molar-refractivity contribution is 7.10. The van der Waals surface area contributed by atoms with Crippen molar-refractivity contribution in [3.63, 3.8) is 0 Å². The monoisotopic (exact) mass is 420 g/mol. The van der Waals surface area contributed by atoms with Crippen LogP contribution in [0.5, 0.6) is 0 Å². The highest BCUT2D eigenvalue weighted by Crippen LogP contribution is 2.29. The van der Waals surface area contributed by atoms with E-state index in [1.807, 2.05) is 13.0 Å². The molecule has 1 aliphatic heterocycles. The molecule has 1 saturated heterocycles. The predicted molar refractivity (Wildman–Crippen MR) is 113 cm³/mol. The number of urea groups is 1. The van der Waals surface area contributed by atoms with Gasteiger partial charge in [0.1, 0.15) is 22.7 Å². The Labute approximate surface area is 174 Å². The molecule has 0 saturated carbocycles. The number of carbonyl (C=O) groups is 1. The minimum Gasteiger partial charge on any atom is -0.373 e. The number of nitrogens with zero attached hydrogens (tertiary/aromatic N) is 5. The molecule has 5 N–H and O–H groups in total. The Balaban J connectivity index is 1.84. The van der Waals surface area contributed by atoms with Crippen LogP contribution in [0.3, 0.4) is 0 Å². The average Bonchev–Trinajstić information content (AvgIpc) is 3.07. The SMILES string of the molecule is Cc1cc(Nc2nc(N3C[C@H](NC(=O)N(C)C)CC[C@H]3C)cnc2C(N)O)sn1. The summed E-state index contributed by atoms with van der Waals surface area (Å²) in [4.78, 5) is 24.7. The molecule has 1 aliphatic rings. The van der Waals surface area contributed by atoms with E-state index in [4.69, 9.17) is 5.73 Å². The Morgan fingerprint density at radius 1 is 1.45 bits per heavy atom. The van der Waals surface area contributed by atoms with E-state index in [-0.39, 0.29) is 23.8 Å². The van der Waals surface area contributed by atoms with Crippen molar-refractivity contribution in [2.75, 3.05) is 30.9 Å². The standard InChI is InChI=1S/C18H28N8O2S/c1-10-7-14(29-24-10)23-17-15(16(19)27)20-8-13(22-17)26-9-12(6-5-11(26)2)21-18(28)25(3)4/h7-8,11-12,16,27H,5-6,9,19H2,1-4H3,(H,21,28)(H,22,23)/t11-,12-,16?/m1/s1. The van der Waals surface area contributed by atoms with Gasteiger partial charge in [0.05, 0.1) is 11.9 Å². The van der Waals surface area contributed by atoms with Gasteiger partial charge in [-0.25, -0.2) is 14.8 Å². The van der Waals surface area contributed by atoms with Gasteiger partial charge >= 0.3 is 6.03 Å². The number of aryl methyl sites for hydroxylation is 1. The summed E-state index contributed by atoms with van der Waals surface area (Å²) in [6.45, 7) is 4.65. The fraction of sp³-hybridized carbons (Fsp3) is 0.556. The lowest BCUT2D eigenvalue weighted by Gasteiger charge is -2.39. The summed E-state index contributed by atoms with van der Waals surface area (Å²) in [5, 5.41) is 16.9. The summed E-state index contributed by atoms with van der Waals surface area (Å²) in [6.07, 6.45) is 2.17. The molecule has 10 nitrogen and oxygen atoms in total. The second kappa shape index (κ2) is 8.89. The molecule has 0 bridgehead atoms. The van der Waals surface area contributed by atoms with Crippen LogP contribution in [0.4, 0.5) is 21.4 Å². The summed E-state index contributed by atoms with van der Waals surface area (Å²) < 4.78 is 4.25. The van der Waals surface area contributed by atoms with E-state index in [1.54, 1.807) is 20.3 Å². The highest BCUT2D eigenvalue weighted by Gasteiger charge is 2.29. The number of piperidine rings is 1. The van der Waals surface area contributed by atoms with Crippen molar-refractivity contribution >= 4 is 34.2 Å². The van der Waals surface area contributed by atoms with Crippen LogP contribution in [0.15, 0.2) is 12.3 Å². The lowest BCUT2D eigenvalue weighted by Crippen LogP contribution is -2.53. The molecule has 0 aliphatic carbocycles. The number of carbonyl (C=O) groups excluding carboxylic acids is 1. The maximum absolute atomic E-state index is 12.0. The number of amides is 2. The second-order valence-corrected chi connectivity index (χ2v) is 8.29. The van der Waals surface area contributed by atoms with E-state index in [9.17, 15) is 9.90 Å². The van der Waals surface area contributed by atoms with Gasteiger partial charge in [-0.05, 0) is 44.3 Å². The van der Waals surface area contributed by atoms with Crippen LogP contribution in [0.25, 0.3) is 0 Å². The maximum Gasteiger partial charge on any atom is 0.317 e. The number of aromatic nitrogens is 3. The first kappa shape index (κ1) is 21.2. The molecule has 1 unspecified atom stereocenters. The third-order valence-corrected chi connectivity index (χ3v) is 5.64. The lowest BCUT2D eigenvalue weighted by atomic mass is 9.99. The number of hydrogen-bond donors (Lipinski definition) is 4. The van der Waals surface area contributed by atoms with Gasteiger partial charge in [0.15, 0.2) is 5.82 Å². The fourth-order valence-electron chi connectivity index (χ4n) is 3.22. The van der Waals surface area contributed by atoms with Gasteiger partial charge in [0.2, 0.25) is 0 Å². The smallest absolute Gasteiger partial charge is 0.317 e. The van der Waals surface area contributed by atoms with Crippen molar-refractivity contribution in [3.8, 4) is 0 Å². The summed E-state index contributed by atoms with van der Waals surface area (Å²) in [5.74, 6) is 1.06. The number of rotatable bonds is 5. The first-order valence-electron chi connectivity index (χ1n) is 9.50. The van der Waals surface area contributed by atoms with E-state index in [1.165, 1.54) is 16.4 Å². The molecule has 0 radical (unpaired) electrons. The van der Waals surface area contributed by atoms with Gasteiger partial charge < -0.3 is 31.3 Å². The first-order chi connectivity index (χ1) is 13.7. The Morgan fingerprint density at radius 2 is 2.21 bits per heavy atom. The Morgan fingerprint density at radius 3 is 2.83 bits per heavy atom. The summed E-state index contributed by atoms with van der Waals surface area (Å²) in [5.41, 5.74) is 6.82. The van der Waals surface area contributed by atoms with Crippen LogP contribution in [-0.2, 0) is 0 Å². The molecule has 11 heteroatoms. The Kier molecular flexibility index (Phi) is 6.50. The first-order valence-corrected chi connectivity index (χ1v) is 10.3. The number of aliphatic hydroxyl groups is 1. The van der Waals surface area contributed by atoms with Gasteiger partial charge in [-0.3, -0.25) is 0 Å². The average molecular weight is 421 g/mol. The zero-order valence-corrected chi connectivity index (χ0v) is 17.9. The minimum absolute atomic E-state index is 0.0169. The second-order valence-electron chi connectivity index (χ2n) is 7.48. The normalized spacial score (nSPS) is 20.3. The quantitative estimate of drug-likeness (QED) is 0.536. The lowest BCUT2D eigenvalue weighted by molar-refractivity contribution is 0.181. The molecule has 2 aromatic rings. The molecule has 2 amide bonds. The van der Waals surface area contributed by atoms with E-state index in [0.717, 1.165) is 23.5 Å². The third kappa shape index (κ3) is 5.11. The number of anilines is 3. The molecular formula is C18H28N8O2S.